The Morgan fingerprint density at radius 2 is 1.62 bits per heavy atom. The summed E-state index contributed by atoms with van der Waals surface area (Å²) in [6.07, 6.45) is 0. The fourth-order valence-electron chi connectivity index (χ4n) is 2.62. The Hall–Kier alpha value is -2.31. The van der Waals surface area contributed by atoms with E-state index in [1.165, 1.54) is 0 Å². The summed E-state index contributed by atoms with van der Waals surface area (Å²) in [4.78, 5) is 37.4. The maximum absolute atomic E-state index is 12.2. The normalized spacial score (nSPS) is 13.0. The predicted molar refractivity (Wildman–Crippen MR) is 102 cm³/mol. The van der Waals surface area contributed by atoms with Crippen molar-refractivity contribution in [1.82, 2.24) is 10.2 Å². The molecule has 0 spiro atoms. The molecule has 0 unspecified atom stereocenters. The van der Waals surface area contributed by atoms with Gasteiger partial charge in [0.25, 0.3) is 11.8 Å². The summed E-state index contributed by atoms with van der Waals surface area (Å²) in [5, 5.41) is 3.45. The molecule has 1 aliphatic heterocycles. The minimum absolute atomic E-state index is 0.256. The van der Waals surface area contributed by atoms with Crippen molar-refractivity contribution in [2.75, 3.05) is 18.8 Å². The van der Waals surface area contributed by atoms with E-state index in [0.29, 0.717) is 22.7 Å². The van der Waals surface area contributed by atoms with E-state index < -0.39 is 11.8 Å². The molecule has 0 aromatic heterocycles. The molecule has 7 heteroatoms. The number of amides is 3. The van der Waals surface area contributed by atoms with Gasteiger partial charge in [-0.25, -0.2) is 0 Å². The van der Waals surface area contributed by atoms with E-state index in [9.17, 15) is 14.4 Å². The molecule has 0 saturated carbocycles. The third kappa shape index (κ3) is 4.26. The first-order valence-corrected chi connectivity index (χ1v) is 9.63. The van der Waals surface area contributed by atoms with Crippen LogP contribution in [0.25, 0.3) is 0 Å². The zero-order valence-corrected chi connectivity index (χ0v) is 15.5. The van der Waals surface area contributed by atoms with E-state index in [-0.39, 0.29) is 12.5 Å². The monoisotopic (exact) mass is 388 g/mol. The number of hydrogen-bond acceptors (Lipinski definition) is 4. The number of fused-ring (bicyclic) bond motifs is 1. The van der Waals surface area contributed by atoms with Crippen LogP contribution in [0.4, 0.5) is 0 Å². The molecule has 5 nitrogen and oxygen atoms in total. The lowest BCUT2D eigenvalue weighted by molar-refractivity contribution is -0.121. The van der Waals surface area contributed by atoms with Crippen LogP contribution in [-0.4, -0.2) is 41.5 Å². The van der Waals surface area contributed by atoms with Gasteiger partial charge in [0.1, 0.15) is 6.54 Å². The van der Waals surface area contributed by atoms with Crippen molar-refractivity contribution in [3.05, 3.63) is 70.2 Å². The summed E-state index contributed by atoms with van der Waals surface area (Å²) in [6, 6.07) is 14.2. The largest absolute Gasteiger partial charge is 0.354 e. The molecule has 0 saturated heterocycles. The van der Waals surface area contributed by atoms with Crippen LogP contribution >= 0.6 is 23.4 Å². The Kier molecular flexibility index (Phi) is 5.96. The Balaban J connectivity index is 1.40. The molecule has 26 heavy (non-hydrogen) atoms. The van der Waals surface area contributed by atoms with Gasteiger partial charge in [0.15, 0.2) is 0 Å². The molecular formula is C19H17ClN2O3S. The van der Waals surface area contributed by atoms with Crippen molar-refractivity contribution < 1.29 is 14.4 Å². The van der Waals surface area contributed by atoms with Crippen LogP contribution in [0.2, 0.25) is 5.02 Å². The van der Waals surface area contributed by atoms with Gasteiger partial charge in [0.2, 0.25) is 5.91 Å². The van der Waals surface area contributed by atoms with Gasteiger partial charge in [0, 0.05) is 23.1 Å². The molecule has 2 aromatic rings. The Labute approximate surface area is 160 Å². The molecule has 3 rings (SSSR count). The molecule has 0 aliphatic carbocycles. The van der Waals surface area contributed by atoms with Crippen molar-refractivity contribution in [1.29, 1.82) is 0 Å². The lowest BCUT2D eigenvalue weighted by Gasteiger charge is -2.13. The van der Waals surface area contributed by atoms with Crippen LogP contribution in [0.5, 0.6) is 0 Å². The molecule has 1 N–H and O–H groups in total. The summed E-state index contributed by atoms with van der Waals surface area (Å²) in [6.45, 7) is 0.217. The van der Waals surface area contributed by atoms with Gasteiger partial charge < -0.3 is 5.32 Å². The molecule has 0 radical (unpaired) electrons. The van der Waals surface area contributed by atoms with E-state index >= 15 is 0 Å². The summed E-state index contributed by atoms with van der Waals surface area (Å²) in [5.41, 5.74) is 1.87. The van der Waals surface area contributed by atoms with Crippen LogP contribution in [0, 0.1) is 0 Å². The molecule has 2 aromatic carbocycles. The first-order chi connectivity index (χ1) is 12.6. The van der Waals surface area contributed by atoms with E-state index in [4.69, 9.17) is 11.6 Å². The highest BCUT2D eigenvalue weighted by Gasteiger charge is 2.36. The number of nitrogens with zero attached hydrogens (tertiary/aromatic N) is 1. The molecule has 1 heterocycles. The number of nitrogens with one attached hydrogen (secondary N) is 1. The topological polar surface area (TPSA) is 66.5 Å². The zero-order chi connectivity index (χ0) is 18.5. The highest BCUT2D eigenvalue weighted by molar-refractivity contribution is 7.98. The number of carbonyl (C=O) groups excluding carboxylic acids is 3. The Morgan fingerprint density at radius 1 is 1.00 bits per heavy atom. The average molecular weight is 389 g/mol. The maximum Gasteiger partial charge on any atom is 0.262 e. The van der Waals surface area contributed by atoms with Gasteiger partial charge in [-0.05, 0) is 29.8 Å². The fourth-order valence-corrected chi connectivity index (χ4v) is 3.56. The van der Waals surface area contributed by atoms with Crippen LogP contribution in [0.3, 0.4) is 0 Å². The van der Waals surface area contributed by atoms with E-state index in [1.54, 1.807) is 36.0 Å². The van der Waals surface area contributed by atoms with Crippen molar-refractivity contribution in [2.45, 2.75) is 5.75 Å². The standard InChI is InChI=1S/C19H17ClN2O3S/c20-14-7-5-13(6-8-14)12-26-10-9-21-17(23)11-22-18(24)15-3-1-2-4-16(15)19(22)25/h1-8H,9-12H2,(H,21,23). The van der Waals surface area contributed by atoms with Gasteiger partial charge in [0.05, 0.1) is 11.1 Å². The van der Waals surface area contributed by atoms with Gasteiger partial charge in [-0.1, -0.05) is 35.9 Å². The number of imide groups is 1. The third-order valence-electron chi connectivity index (χ3n) is 3.93. The summed E-state index contributed by atoms with van der Waals surface area (Å²) in [7, 11) is 0. The smallest absolute Gasteiger partial charge is 0.262 e. The SMILES string of the molecule is O=C(CN1C(=O)c2ccccc2C1=O)NCCSCc1ccc(Cl)cc1. The second kappa shape index (κ2) is 8.38. The minimum atomic E-state index is -0.419. The molecule has 0 atom stereocenters. The Bertz CT molecular complexity index is 804. The number of carbonyl (C=O) groups is 3. The zero-order valence-electron chi connectivity index (χ0n) is 13.9. The van der Waals surface area contributed by atoms with E-state index in [0.717, 1.165) is 22.0 Å². The molecule has 134 valence electrons. The van der Waals surface area contributed by atoms with Crippen LogP contribution in [-0.2, 0) is 10.5 Å². The summed E-state index contributed by atoms with van der Waals surface area (Å²) >= 11 is 7.53. The third-order valence-corrected chi connectivity index (χ3v) is 5.21. The van der Waals surface area contributed by atoms with Crippen molar-refractivity contribution in [2.24, 2.45) is 0 Å². The number of hydrogen-bond donors (Lipinski definition) is 1. The van der Waals surface area contributed by atoms with Gasteiger partial charge in [-0.3, -0.25) is 19.3 Å². The van der Waals surface area contributed by atoms with Gasteiger partial charge >= 0.3 is 0 Å². The first-order valence-electron chi connectivity index (χ1n) is 8.10. The fraction of sp³-hybridized carbons (Fsp3) is 0.211. The number of halogens is 1. The highest BCUT2D eigenvalue weighted by Crippen LogP contribution is 2.21. The van der Waals surface area contributed by atoms with Crippen molar-refractivity contribution in [3.8, 4) is 0 Å². The lowest BCUT2D eigenvalue weighted by Crippen LogP contribution is -2.40. The van der Waals surface area contributed by atoms with Crippen LogP contribution < -0.4 is 5.32 Å². The van der Waals surface area contributed by atoms with Gasteiger partial charge in [-0.2, -0.15) is 11.8 Å². The van der Waals surface area contributed by atoms with E-state index in [1.807, 2.05) is 24.3 Å². The highest BCUT2D eigenvalue weighted by atomic mass is 35.5. The minimum Gasteiger partial charge on any atom is -0.354 e. The summed E-state index contributed by atoms with van der Waals surface area (Å²) < 4.78 is 0. The number of benzene rings is 2. The molecular weight excluding hydrogens is 372 g/mol. The quantitative estimate of drug-likeness (QED) is 0.585. The summed E-state index contributed by atoms with van der Waals surface area (Å²) in [5.74, 6) is 0.379. The van der Waals surface area contributed by atoms with Crippen molar-refractivity contribution >= 4 is 41.1 Å². The number of thioether (sulfide) groups is 1. The lowest BCUT2D eigenvalue weighted by atomic mass is 10.1. The average Bonchev–Trinajstić information content (AvgIpc) is 2.88. The molecule has 0 bridgehead atoms. The number of rotatable bonds is 7. The van der Waals surface area contributed by atoms with E-state index in [2.05, 4.69) is 5.32 Å². The molecule has 3 amide bonds. The maximum atomic E-state index is 12.2. The molecule has 0 fully saturated rings. The molecule has 1 aliphatic rings. The van der Waals surface area contributed by atoms with Crippen LogP contribution in [0.15, 0.2) is 48.5 Å². The van der Waals surface area contributed by atoms with Crippen molar-refractivity contribution in [3.63, 3.8) is 0 Å². The Morgan fingerprint density at radius 3 is 2.23 bits per heavy atom. The first kappa shape index (κ1) is 18.5. The predicted octanol–water partition coefficient (Wildman–Crippen LogP) is 2.99. The van der Waals surface area contributed by atoms with Gasteiger partial charge in [-0.15, -0.1) is 0 Å². The van der Waals surface area contributed by atoms with Crippen LogP contribution in [0.1, 0.15) is 26.3 Å². The second-order valence-electron chi connectivity index (χ2n) is 5.77. The second-order valence-corrected chi connectivity index (χ2v) is 7.31.